The SMILES string of the molecule is CCCNC(=O)c1cccc(CNCc2ccc(OCC(C)C)cc2)c1. The van der Waals surface area contributed by atoms with Crippen molar-refractivity contribution < 1.29 is 9.53 Å². The summed E-state index contributed by atoms with van der Waals surface area (Å²) in [5, 5.41) is 6.33. The Morgan fingerprint density at radius 2 is 1.77 bits per heavy atom. The second kappa shape index (κ2) is 10.6. The molecule has 0 aliphatic carbocycles. The summed E-state index contributed by atoms with van der Waals surface area (Å²) < 4.78 is 5.70. The number of carbonyl (C=O) groups is 1. The number of amides is 1. The van der Waals surface area contributed by atoms with Gasteiger partial charge in [-0.15, -0.1) is 0 Å². The van der Waals surface area contributed by atoms with Crippen molar-refractivity contribution in [2.75, 3.05) is 13.2 Å². The van der Waals surface area contributed by atoms with Crippen LogP contribution in [-0.2, 0) is 13.1 Å². The van der Waals surface area contributed by atoms with E-state index < -0.39 is 0 Å². The van der Waals surface area contributed by atoms with Gasteiger partial charge in [-0.1, -0.05) is 45.0 Å². The number of carbonyl (C=O) groups excluding carboxylic acids is 1. The van der Waals surface area contributed by atoms with Gasteiger partial charge in [0.05, 0.1) is 6.61 Å². The minimum absolute atomic E-state index is 0.00862. The van der Waals surface area contributed by atoms with Gasteiger partial charge >= 0.3 is 0 Å². The van der Waals surface area contributed by atoms with Gasteiger partial charge in [-0.2, -0.15) is 0 Å². The lowest BCUT2D eigenvalue weighted by Gasteiger charge is -2.10. The van der Waals surface area contributed by atoms with Gasteiger partial charge in [-0.3, -0.25) is 4.79 Å². The van der Waals surface area contributed by atoms with Crippen LogP contribution in [0, 0.1) is 5.92 Å². The summed E-state index contributed by atoms with van der Waals surface area (Å²) in [5.74, 6) is 1.43. The van der Waals surface area contributed by atoms with Gasteiger partial charge in [0.1, 0.15) is 5.75 Å². The molecule has 0 saturated carbocycles. The number of hydrogen-bond donors (Lipinski definition) is 2. The van der Waals surface area contributed by atoms with E-state index in [4.69, 9.17) is 4.74 Å². The standard InChI is InChI=1S/C22H30N2O2/c1-4-12-24-22(25)20-7-5-6-19(13-20)15-23-14-18-8-10-21(11-9-18)26-16-17(2)3/h5-11,13,17,23H,4,12,14-16H2,1-3H3,(H,24,25). The second-order valence-corrected chi connectivity index (χ2v) is 6.91. The van der Waals surface area contributed by atoms with Crippen molar-refractivity contribution in [3.05, 3.63) is 65.2 Å². The van der Waals surface area contributed by atoms with Crippen LogP contribution in [0.25, 0.3) is 0 Å². The summed E-state index contributed by atoms with van der Waals surface area (Å²) in [6, 6.07) is 15.9. The molecular weight excluding hydrogens is 324 g/mol. The van der Waals surface area contributed by atoms with Gasteiger partial charge in [0, 0.05) is 25.2 Å². The third-order valence-corrected chi connectivity index (χ3v) is 3.89. The molecule has 2 N–H and O–H groups in total. The highest BCUT2D eigenvalue weighted by Crippen LogP contribution is 2.13. The highest BCUT2D eigenvalue weighted by atomic mass is 16.5. The van der Waals surface area contributed by atoms with Crippen molar-refractivity contribution in [2.24, 2.45) is 5.92 Å². The normalized spacial score (nSPS) is 10.8. The van der Waals surface area contributed by atoms with E-state index in [9.17, 15) is 4.79 Å². The van der Waals surface area contributed by atoms with Crippen LogP contribution in [0.1, 0.15) is 48.7 Å². The van der Waals surface area contributed by atoms with Crippen LogP contribution in [0.15, 0.2) is 48.5 Å². The maximum atomic E-state index is 12.0. The lowest BCUT2D eigenvalue weighted by atomic mass is 10.1. The Bertz CT molecular complexity index is 681. The molecule has 0 atom stereocenters. The van der Waals surface area contributed by atoms with Crippen molar-refractivity contribution in [1.82, 2.24) is 10.6 Å². The molecule has 1 amide bonds. The van der Waals surface area contributed by atoms with Crippen LogP contribution in [0.5, 0.6) is 5.75 Å². The Morgan fingerprint density at radius 1 is 1.04 bits per heavy atom. The first-order valence-electron chi connectivity index (χ1n) is 9.38. The minimum atomic E-state index is -0.00862. The molecule has 0 aliphatic heterocycles. The molecular formula is C22H30N2O2. The molecule has 0 fully saturated rings. The van der Waals surface area contributed by atoms with Crippen molar-refractivity contribution in [3.63, 3.8) is 0 Å². The zero-order chi connectivity index (χ0) is 18.8. The van der Waals surface area contributed by atoms with Crippen LogP contribution in [0.3, 0.4) is 0 Å². The highest BCUT2D eigenvalue weighted by Gasteiger charge is 2.05. The summed E-state index contributed by atoms with van der Waals surface area (Å²) in [4.78, 5) is 12.0. The van der Waals surface area contributed by atoms with E-state index in [0.29, 0.717) is 18.0 Å². The smallest absolute Gasteiger partial charge is 0.251 e. The minimum Gasteiger partial charge on any atom is -0.493 e. The molecule has 0 bridgehead atoms. The molecule has 0 aromatic heterocycles. The molecule has 26 heavy (non-hydrogen) atoms. The molecule has 0 aliphatic rings. The lowest BCUT2D eigenvalue weighted by Crippen LogP contribution is -2.24. The third-order valence-electron chi connectivity index (χ3n) is 3.89. The number of benzene rings is 2. The van der Waals surface area contributed by atoms with Crippen molar-refractivity contribution in [3.8, 4) is 5.75 Å². The summed E-state index contributed by atoms with van der Waals surface area (Å²) in [5.41, 5.74) is 3.02. The third kappa shape index (κ3) is 6.89. The van der Waals surface area contributed by atoms with E-state index in [2.05, 4.69) is 36.6 Å². The lowest BCUT2D eigenvalue weighted by molar-refractivity contribution is 0.0953. The maximum absolute atomic E-state index is 12.0. The second-order valence-electron chi connectivity index (χ2n) is 6.91. The average molecular weight is 354 g/mol. The number of hydrogen-bond acceptors (Lipinski definition) is 3. The quantitative estimate of drug-likeness (QED) is 0.674. The van der Waals surface area contributed by atoms with Gasteiger partial charge in [0.15, 0.2) is 0 Å². The van der Waals surface area contributed by atoms with E-state index >= 15 is 0 Å². The van der Waals surface area contributed by atoms with Gasteiger partial charge in [0.2, 0.25) is 0 Å². The topological polar surface area (TPSA) is 50.4 Å². The molecule has 2 aromatic carbocycles. The summed E-state index contributed by atoms with van der Waals surface area (Å²) in [6.45, 7) is 9.26. The van der Waals surface area contributed by atoms with Crippen LogP contribution < -0.4 is 15.4 Å². The molecule has 2 aromatic rings. The number of nitrogens with one attached hydrogen (secondary N) is 2. The fourth-order valence-corrected chi connectivity index (χ4v) is 2.48. The van der Waals surface area contributed by atoms with E-state index in [1.807, 2.05) is 43.3 Å². The van der Waals surface area contributed by atoms with Crippen molar-refractivity contribution >= 4 is 5.91 Å². The molecule has 0 saturated heterocycles. The summed E-state index contributed by atoms with van der Waals surface area (Å²) >= 11 is 0. The van der Waals surface area contributed by atoms with Crippen molar-refractivity contribution in [2.45, 2.75) is 40.3 Å². The molecule has 0 heterocycles. The summed E-state index contributed by atoms with van der Waals surface area (Å²) in [6.07, 6.45) is 0.939. The molecule has 4 heteroatoms. The molecule has 140 valence electrons. The summed E-state index contributed by atoms with van der Waals surface area (Å²) in [7, 11) is 0. The van der Waals surface area contributed by atoms with E-state index in [1.54, 1.807) is 0 Å². The Hall–Kier alpha value is -2.33. The molecule has 0 spiro atoms. The van der Waals surface area contributed by atoms with Crippen LogP contribution in [-0.4, -0.2) is 19.1 Å². The largest absolute Gasteiger partial charge is 0.493 e. The first-order valence-corrected chi connectivity index (χ1v) is 9.38. The van der Waals surface area contributed by atoms with Gasteiger partial charge < -0.3 is 15.4 Å². The Labute approximate surface area is 157 Å². The Kier molecular flexibility index (Phi) is 8.16. The molecule has 4 nitrogen and oxygen atoms in total. The zero-order valence-electron chi connectivity index (χ0n) is 16.0. The van der Waals surface area contributed by atoms with Crippen LogP contribution >= 0.6 is 0 Å². The predicted octanol–water partition coefficient (Wildman–Crippen LogP) is 4.15. The average Bonchev–Trinajstić information content (AvgIpc) is 2.65. The van der Waals surface area contributed by atoms with E-state index in [0.717, 1.165) is 37.4 Å². The fourth-order valence-electron chi connectivity index (χ4n) is 2.48. The van der Waals surface area contributed by atoms with E-state index in [-0.39, 0.29) is 5.91 Å². The monoisotopic (exact) mass is 354 g/mol. The Balaban J connectivity index is 1.81. The fraction of sp³-hybridized carbons (Fsp3) is 0.409. The number of ether oxygens (including phenoxy) is 1. The predicted molar refractivity (Wildman–Crippen MR) is 106 cm³/mol. The first kappa shape index (κ1) is 20.0. The van der Waals surface area contributed by atoms with Gasteiger partial charge in [0.25, 0.3) is 5.91 Å². The zero-order valence-corrected chi connectivity index (χ0v) is 16.0. The van der Waals surface area contributed by atoms with Gasteiger partial charge in [-0.25, -0.2) is 0 Å². The van der Waals surface area contributed by atoms with E-state index in [1.165, 1.54) is 5.56 Å². The maximum Gasteiger partial charge on any atom is 0.251 e. The first-order chi connectivity index (χ1) is 12.6. The van der Waals surface area contributed by atoms with Crippen LogP contribution in [0.4, 0.5) is 0 Å². The Morgan fingerprint density at radius 3 is 2.46 bits per heavy atom. The van der Waals surface area contributed by atoms with Crippen LogP contribution in [0.2, 0.25) is 0 Å². The van der Waals surface area contributed by atoms with Crippen molar-refractivity contribution in [1.29, 1.82) is 0 Å². The molecule has 0 unspecified atom stereocenters. The molecule has 2 rings (SSSR count). The number of rotatable bonds is 10. The molecule has 0 radical (unpaired) electrons. The van der Waals surface area contributed by atoms with Gasteiger partial charge in [-0.05, 0) is 47.7 Å². The highest BCUT2D eigenvalue weighted by molar-refractivity contribution is 5.94.